The summed E-state index contributed by atoms with van der Waals surface area (Å²) in [6.07, 6.45) is 6.55. The van der Waals surface area contributed by atoms with Crippen LogP contribution in [0.25, 0.3) is 0 Å². The lowest BCUT2D eigenvalue weighted by Crippen LogP contribution is -2.14. The molecule has 0 aromatic rings. The molecule has 0 N–H and O–H groups in total. The minimum Gasteiger partial charge on any atom is -0.303 e. The van der Waals surface area contributed by atoms with Crippen LogP contribution in [0.5, 0.6) is 0 Å². The van der Waals surface area contributed by atoms with E-state index in [9.17, 15) is 4.79 Å². The van der Waals surface area contributed by atoms with Gasteiger partial charge < -0.3 is 4.79 Å². The number of rotatable bonds is 2. The van der Waals surface area contributed by atoms with Crippen LogP contribution in [0.4, 0.5) is 0 Å². The lowest BCUT2D eigenvalue weighted by molar-refractivity contribution is -0.109. The van der Waals surface area contributed by atoms with Crippen molar-refractivity contribution < 1.29 is 4.79 Å². The molecular weight excluding hydrogens is 112 g/mol. The van der Waals surface area contributed by atoms with Crippen molar-refractivity contribution in [3.63, 3.8) is 0 Å². The zero-order valence-corrected chi connectivity index (χ0v) is 5.55. The molecule has 2 saturated carbocycles. The van der Waals surface area contributed by atoms with Crippen molar-refractivity contribution in [1.82, 2.24) is 0 Å². The van der Waals surface area contributed by atoms with Gasteiger partial charge in [-0.15, -0.1) is 0 Å². The van der Waals surface area contributed by atoms with E-state index in [0.717, 1.165) is 18.1 Å². The third-order valence-corrected chi connectivity index (χ3v) is 2.82. The fraction of sp³-hybridized carbons (Fsp3) is 0.875. The van der Waals surface area contributed by atoms with Crippen LogP contribution < -0.4 is 0 Å². The number of carbonyl (C=O) groups is 1. The van der Waals surface area contributed by atoms with E-state index in [-0.39, 0.29) is 0 Å². The topological polar surface area (TPSA) is 17.1 Å². The standard InChI is InChI=1S/C8H12O/c9-5-7-4-8(7)6-2-1-3-6/h5-8H,1-4H2/t7-,8-/m0/s1. The predicted octanol–water partition coefficient (Wildman–Crippen LogP) is 1.62. The molecule has 2 aliphatic carbocycles. The van der Waals surface area contributed by atoms with Crippen LogP contribution in [0.1, 0.15) is 25.7 Å². The van der Waals surface area contributed by atoms with Crippen molar-refractivity contribution in [1.29, 1.82) is 0 Å². The Morgan fingerprint density at radius 2 is 2.11 bits per heavy atom. The fourth-order valence-corrected chi connectivity index (χ4v) is 1.80. The molecule has 9 heavy (non-hydrogen) atoms. The summed E-state index contributed by atoms with van der Waals surface area (Å²) in [7, 11) is 0. The van der Waals surface area contributed by atoms with Crippen LogP contribution >= 0.6 is 0 Å². The van der Waals surface area contributed by atoms with Gasteiger partial charge in [-0.1, -0.05) is 19.3 Å². The minimum absolute atomic E-state index is 0.468. The predicted molar refractivity (Wildman–Crippen MR) is 35.0 cm³/mol. The third-order valence-electron chi connectivity index (χ3n) is 2.82. The van der Waals surface area contributed by atoms with Gasteiger partial charge >= 0.3 is 0 Å². The molecule has 1 heteroatoms. The molecular formula is C8H12O. The van der Waals surface area contributed by atoms with Crippen LogP contribution in [0.15, 0.2) is 0 Å². The van der Waals surface area contributed by atoms with E-state index in [1.54, 1.807) is 0 Å². The van der Waals surface area contributed by atoms with Gasteiger partial charge in [0.1, 0.15) is 6.29 Å². The molecule has 0 unspecified atom stereocenters. The molecule has 1 nitrogen and oxygen atoms in total. The third kappa shape index (κ3) is 0.790. The van der Waals surface area contributed by atoms with Gasteiger partial charge in [-0.3, -0.25) is 0 Å². The molecule has 2 atom stereocenters. The first kappa shape index (κ1) is 5.45. The Labute approximate surface area is 55.4 Å². The van der Waals surface area contributed by atoms with E-state index in [1.807, 2.05) is 0 Å². The van der Waals surface area contributed by atoms with E-state index >= 15 is 0 Å². The highest BCUT2D eigenvalue weighted by atomic mass is 16.1. The summed E-state index contributed by atoms with van der Waals surface area (Å²) in [5.74, 6) is 2.23. The summed E-state index contributed by atoms with van der Waals surface area (Å²) >= 11 is 0. The summed E-state index contributed by atoms with van der Waals surface area (Å²) in [5.41, 5.74) is 0. The molecule has 0 spiro atoms. The number of hydrogen-bond donors (Lipinski definition) is 0. The first-order valence-electron chi connectivity index (χ1n) is 3.87. The van der Waals surface area contributed by atoms with Crippen molar-refractivity contribution in [2.45, 2.75) is 25.7 Å². The van der Waals surface area contributed by atoms with Gasteiger partial charge in [-0.05, 0) is 18.3 Å². The van der Waals surface area contributed by atoms with Gasteiger partial charge in [-0.2, -0.15) is 0 Å². The summed E-state index contributed by atoms with van der Waals surface area (Å²) < 4.78 is 0. The van der Waals surface area contributed by atoms with Gasteiger partial charge in [0.15, 0.2) is 0 Å². The zero-order chi connectivity index (χ0) is 6.27. The maximum Gasteiger partial charge on any atom is 0.123 e. The van der Waals surface area contributed by atoms with Crippen LogP contribution in [-0.2, 0) is 4.79 Å². The van der Waals surface area contributed by atoms with Crippen molar-refractivity contribution in [3.05, 3.63) is 0 Å². The zero-order valence-electron chi connectivity index (χ0n) is 5.55. The molecule has 0 bridgehead atoms. The molecule has 2 rings (SSSR count). The molecule has 2 fully saturated rings. The Bertz CT molecular complexity index is 127. The van der Waals surface area contributed by atoms with Crippen LogP contribution in [0, 0.1) is 17.8 Å². The van der Waals surface area contributed by atoms with Gasteiger partial charge in [0.2, 0.25) is 0 Å². The fourth-order valence-electron chi connectivity index (χ4n) is 1.80. The highest BCUT2D eigenvalue weighted by molar-refractivity contribution is 5.58. The molecule has 0 radical (unpaired) electrons. The van der Waals surface area contributed by atoms with Crippen LogP contribution in [0.3, 0.4) is 0 Å². The monoisotopic (exact) mass is 124 g/mol. The maximum atomic E-state index is 10.2. The van der Waals surface area contributed by atoms with Crippen molar-refractivity contribution in [2.24, 2.45) is 17.8 Å². The normalized spacial score (nSPS) is 41.8. The van der Waals surface area contributed by atoms with Crippen molar-refractivity contribution in [3.8, 4) is 0 Å². The highest BCUT2D eigenvalue weighted by Crippen LogP contribution is 2.50. The van der Waals surface area contributed by atoms with Gasteiger partial charge in [-0.25, -0.2) is 0 Å². The molecule has 50 valence electrons. The second-order valence-electron chi connectivity index (χ2n) is 3.39. The Kier molecular flexibility index (Phi) is 1.11. The molecule has 0 saturated heterocycles. The van der Waals surface area contributed by atoms with Crippen molar-refractivity contribution in [2.75, 3.05) is 0 Å². The largest absolute Gasteiger partial charge is 0.303 e. The summed E-state index contributed by atoms with van der Waals surface area (Å²) in [5, 5.41) is 0. The Hall–Kier alpha value is -0.330. The second kappa shape index (κ2) is 1.83. The van der Waals surface area contributed by atoms with E-state index in [4.69, 9.17) is 0 Å². The van der Waals surface area contributed by atoms with E-state index in [0.29, 0.717) is 5.92 Å². The lowest BCUT2D eigenvalue weighted by atomic mass is 9.81. The SMILES string of the molecule is O=C[C@@H]1C[C@H]1C1CCC1. The maximum absolute atomic E-state index is 10.2. The lowest BCUT2D eigenvalue weighted by Gasteiger charge is -2.24. The van der Waals surface area contributed by atoms with Crippen LogP contribution in [-0.4, -0.2) is 6.29 Å². The Morgan fingerprint density at radius 3 is 2.44 bits per heavy atom. The minimum atomic E-state index is 0.468. The molecule has 0 aromatic heterocycles. The first-order valence-corrected chi connectivity index (χ1v) is 3.87. The van der Waals surface area contributed by atoms with E-state index in [1.165, 1.54) is 25.7 Å². The molecule has 0 amide bonds. The van der Waals surface area contributed by atoms with Gasteiger partial charge in [0, 0.05) is 5.92 Å². The van der Waals surface area contributed by atoms with E-state index < -0.39 is 0 Å². The molecule has 0 aliphatic heterocycles. The quantitative estimate of drug-likeness (QED) is 0.511. The molecule has 2 aliphatic rings. The number of carbonyl (C=O) groups excluding carboxylic acids is 1. The Morgan fingerprint density at radius 1 is 1.33 bits per heavy atom. The molecule has 0 heterocycles. The van der Waals surface area contributed by atoms with Crippen molar-refractivity contribution >= 4 is 6.29 Å². The summed E-state index contributed by atoms with van der Waals surface area (Å²) in [6.45, 7) is 0. The Balaban J connectivity index is 1.82. The van der Waals surface area contributed by atoms with Gasteiger partial charge in [0.05, 0.1) is 0 Å². The average molecular weight is 124 g/mol. The first-order chi connectivity index (χ1) is 4.42. The second-order valence-corrected chi connectivity index (χ2v) is 3.39. The smallest absolute Gasteiger partial charge is 0.123 e. The summed E-state index contributed by atoms with van der Waals surface area (Å²) in [6, 6.07) is 0. The average Bonchev–Trinajstić information content (AvgIpc) is 2.42. The van der Waals surface area contributed by atoms with Crippen LogP contribution in [0.2, 0.25) is 0 Å². The highest BCUT2D eigenvalue weighted by Gasteiger charge is 2.44. The van der Waals surface area contributed by atoms with Gasteiger partial charge in [0.25, 0.3) is 0 Å². The summed E-state index contributed by atoms with van der Waals surface area (Å²) in [4.78, 5) is 10.2. The molecule has 0 aromatic carbocycles. The van der Waals surface area contributed by atoms with E-state index in [2.05, 4.69) is 0 Å². The number of aldehydes is 1. The number of hydrogen-bond acceptors (Lipinski definition) is 1.